The van der Waals surface area contributed by atoms with Gasteiger partial charge in [-0.2, -0.15) is 0 Å². The van der Waals surface area contributed by atoms with E-state index in [1.54, 1.807) is 31.2 Å². The number of ether oxygens (including phenoxy) is 2. The molecular formula is C32H41N3O6S. The first kappa shape index (κ1) is 32.5. The standard InChI is InChI=1S/C32H41N3O6S/c1-22-12-15-27(16-13-22)42(38,39)35(28-19-26(40-7)14-17-29(28)41-8)21-30(36)34(20-25-11-9-10-23(2)18-25)24(3)31(37)33-32(4,5)6/h9-19,24H,20-21H2,1-8H3,(H,33,37)/t24-/m1/s1. The molecule has 1 N–H and O–H groups in total. The zero-order valence-electron chi connectivity index (χ0n) is 25.6. The third kappa shape index (κ3) is 8.03. The lowest BCUT2D eigenvalue weighted by molar-refractivity contribution is -0.140. The Balaban J connectivity index is 2.13. The van der Waals surface area contributed by atoms with Crippen LogP contribution in [0.3, 0.4) is 0 Å². The van der Waals surface area contributed by atoms with Crippen LogP contribution in [0.25, 0.3) is 0 Å². The van der Waals surface area contributed by atoms with Crippen molar-refractivity contribution < 1.29 is 27.5 Å². The number of aryl methyl sites for hydroxylation is 2. The van der Waals surface area contributed by atoms with E-state index >= 15 is 0 Å². The number of methoxy groups -OCH3 is 2. The number of anilines is 1. The summed E-state index contributed by atoms with van der Waals surface area (Å²) >= 11 is 0. The molecule has 3 aromatic carbocycles. The highest BCUT2D eigenvalue weighted by atomic mass is 32.2. The Kier molecular flexibility index (Phi) is 10.3. The van der Waals surface area contributed by atoms with E-state index in [9.17, 15) is 18.0 Å². The fraction of sp³-hybridized carbons (Fsp3) is 0.375. The van der Waals surface area contributed by atoms with Crippen LogP contribution in [0.15, 0.2) is 71.6 Å². The van der Waals surface area contributed by atoms with E-state index in [1.807, 2.05) is 58.9 Å². The molecule has 0 aliphatic rings. The van der Waals surface area contributed by atoms with Crippen LogP contribution in [0.1, 0.15) is 44.4 Å². The van der Waals surface area contributed by atoms with E-state index in [2.05, 4.69) is 5.32 Å². The summed E-state index contributed by atoms with van der Waals surface area (Å²) in [5.74, 6) is -0.288. The topological polar surface area (TPSA) is 105 Å². The molecule has 0 spiro atoms. The highest BCUT2D eigenvalue weighted by molar-refractivity contribution is 7.92. The number of hydrogen-bond acceptors (Lipinski definition) is 6. The molecule has 0 radical (unpaired) electrons. The SMILES string of the molecule is COc1ccc(OC)c(N(CC(=O)N(Cc2cccc(C)c2)[C@H](C)C(=O)NC(C)(C)C)S(=O)(=O)c2ccc(C)cc2)c1. The van der Waals surface area contributed by atoms with Gasteiger partial charge in [-0.1, -0.05) is 47.5 Å². The normalized spacial score (nSPS) is 12.3. The summed E-state index contributed by atoms with van der Waals surface area (Å²) in [5, 5.41) is 2.93. The van der Waals surface area contributed by atoms with Gasteiger partial charge in [0.25, 0.3) is 10.0 Å². The van der Waals surface area contributed by atoms with Crippen molar-refractivity contribution >= 4 is 27.5 Å². The maximum Gasteiger partial charge on any atom is 0.264 e. The zero-order valence-corrected chi connectivity index (χ0v) is 26.4. The minimum Gasteiger partial charge on any atom is -0.497 e. The molecule has 1 atom stereocenters. The molecule has 42 heavy (non-hydrogen) atoms. The largest absolute Gasteiger partial charge is 0.497 e. The van der Waals surface area contributed by atoms with Gasteiger partial charge in [0, 0.05) is 18.2 Å². The molecule has 0 heterocycles. The van der Waals surface area contributed by atoms with Crippen LogP contribution in [-0.4, -0.2) is 57.5 Å². The summed E-state index contributed by atoms with van der Waals surface area (Å²) in [4.78, 5) is 28.9. The van der Waals surface area contributed by atoms with Gasteiger partial charge in [0.15, 0.2) is 0 Å². The summed E-state index contributed by atoms with van der Waals surface area (Å²) in [6, 6.07) is 17.8. The lowest BCUT2D eigenvalue weighted by atomic mass is 10.1. The van der Waals surface area contributed by atoms with Gasteiger partial charge in [0.05, 0.1) is 24.8 Å². The van der Waals surface area contributed by atoms with Crippen molar-refractivity contribution in [3.05, 3.63) is 83.4 Å². The highest BCUT2D eigenvalue weighted by Gasteiger charge is 2.34. The van der Waals surface area contributed by atoms with Crippen molar-refractivity contribution in [3.63, 3.8) is 0 Å². The van der Waals surface area contributed by atoms with E-state index in [-0.39, 0.29) is 28.8 Å². The summed E-state index contributed by atoms with van der Waals surface area (Å²) in [5.41, 5.74) is 2.30. The molecular weight excluding hydrogens is 554 g/mol. The average molecular weight is 596 g/mol. The van der Waals surface area contributed by atoms with Crippen molar-refractivity contribution in [2.45, 2.75) is 64.6 Å². The Morgan fingerprint density at radius 2 is 1.57 bits per heavy atom. The number of sulfonamides is 1. The van der Waals surface area contributed by atoms with Gasteiger partial charge in [-0.3, -0.25) is 13.9 Å². The van der Waals surface area contributed by atoms with Crippen LogP contribution in [0.4, 0.5) is 5.69 Å². The molecule has 226 valence electrons. The summed E-state index contributed by atoms with van der Waals surface area (Å²) < 4.78 is 40.2. The maximum absolute atomic E-state index is 14.2. The number of hydrogen-bond donors (Lipinski definition) is 1. The van der Waals surface area contributed by atoms with Gasteiger partial charge in [-0.25, -0.2) is 8.42 Å². The first-order valence-corrected chi connectivity index (χ1v) is 15.1. The lowest BCUT2D eigenvalue weighted by Crippen LogP contribution is -2.54. The van der Waals surface area contributed by atoms with Crippen LogP contribution >= 0.6 is 0 Å². The Bertz CT molecular complexity index is 1510. The smallest absolute Gasteiger partial charge is 0.264 e. The van der Waals surface area contributed by atoms with Crippen LogP contribution in [-0.2, 0) is 26.2 Å². The second-order valence-corrected chi connectivity index (χ2v) is 13.2. The quantitative estimate of drug-likeness (QED) is 0.340. The Morgan fingerprint density at radius 1 is 0.905 bits per heavy atom. The molecule has 3 rings (SSSR count). The molecule has 9 nitrogen and oxygen atoms in total. The Labute approximate surface area is 249 Å². The van der Waals surface area contributed by atoms with Gasteiger partial charge >= 0.3 is 0 Å². The first-order chi connectivity index (χ1) is 19.7. The molecule has 0 saturated heterocycles. The van der Waals surface area contributed by atoms with Crippen molar-refractivity contribution in [2.24, 2.45) is 0 Å². The molecule has 0 fully saturated rings. The van der Waals surface area contributed by atoms with Gasteiger partial charge in [0.1, 0.15) is 24.1 Å². The monoisotopic (exact) mass is 595 g/mol. The molecule has 2 amide bonds. The van der Waals surface area contributed by atoms with E-state index in [0.717, 1.165) is 21.0 Å². The van der Waals surface area contributed by atoms with Crippen LogP contribution < -0.4 is 19.1 Å². The highest BCUT2D eigenvalue weighted by Crippen LogP contribution is 2.36. The molecule has 0 aromatic heterocycles. The fourth-order valence-corrected chi connectivity index (χ4v) is 5.82. The fourth-order valence-electron chi connectivity index (χ4n) is 4.41. The van der Waals surface area contributed by atoms with Gasteiger partial charge in [-0.15, -0.1) is 0 Å². The number of carbonyl (C=O) groups excluding carboxylic acids is 2. The van der Waals surface area contributed by atoms with Crippen molar-refractivity contribution in [3.8, 4) is 11.5 Å². The van der Waals surface area contributed by atoms with Gasteiger partial charge in [-0.05, 0) is 71.4 Å². The third-order valence-corrected chi connectivity index (χ3v) is 8.42. The molecule has 0 aliphatic carbocycles. The van der Waals surface area contributed by atoms with E-state index in [0.29, 0.717) is 5.75 Å². The van der Waals surface area contributed by atoms with Crippen LogP contribution in [0.2, 0.25) is 0 Å². The predicted octanol–water partition coefficient (Wildman–Crippen LogP) is 4.85. The predicted molar refractivity (Wildman–Crippen MR) is 164 cm³/mol. The summed E-state index contributed by atoms with van der Waals surface area (Å²) in [7, 11) is -1.37. The molecule has 0 unspecified atom stereocenters. The summed E-state index contributed by atoms with van der Waals surface area (Å²) in [6.07, 6.45) is 0. The number of carbonyl (C=O) groups is 2. The first-order valence-electron chi connectivity index (χ1n) is 13.6. The molecule has 0 bridgehead atoms. The number of nitrogens with one attached hydrogen (secondary N) is 1. The third-order valence-electron chi connectivity index (χ3n) is 6.64. The van der Waals surface area contributed by atoms with Gasteiger partial charge < -0.3 is 19.7 Å². The number of amides is 2. The lowest BCUT2D eigenvalue weighted by Gasteiger charge is -2.34. The van der Waals surface area contributed by atoms with E-state index in [4.69, 9.17) is 9.47 Å². The molecule has 10 heteroatoms. The Morgan fingerprint density at radius 3 is 2.14 bits per heavy atom. The van der Waals surface area contributed by atoms with Gasteiger partial charge in [0.2, 0.25) is 11.8 Å². The van der Waals surface area contributed by atoms with E-state index < -0.39 is 34.1 Å². The number of benzene rings is 3. The maximum atomic E-state index is 14.2. The number of nitrogens with zero attached hydrogens (tertiary/aromatic N) is 2. The minimum atomic E-state index is -4.26. The minimum absolute atomic E-state index is 0.00883. The zero-order chi connectivity index (χ0) is 31.2. The van der Waals surface area contributed by atoms with Crippen molar-refractivity contribution in [1.82, 2.24) is 10.2 Å². The second kappa shape index (κ2) is 13.3. The molecule has 3 aromatic rings. The van der Waals surface area contributed by atoms with E-state index in [1.165, 1.54) is 37.3 Å². The van der Waals surface area contributed by atoms with Crippen LogP contribution in [0.5, 0.6) is 11.5 Å². The van der Waals surface area contributed by atoms with Crippen LogP contribution in [0, 0.1) is 13.8 Å². The molecule has 0 aliphatic heterocycles. The molecule has 0 saturated carbocycles. The second-order valence-electron chi connectivity index (χ2n) is 11.3. The van der Waals surface area contributed by atoms with Crippen molar-refractivity contribution in [2.75, 3.05) is 25.1 Å². The van der Waals surface area contributed by atoms with Crippen molar-refractivity contribution in [1.29, 1.82) is 0 Å². The average Bonchev–Trinajstić information content (AvgIpc) is 2.93. The Hall–Kier alpha value is -4.05. The number of rotatable bonds is 11. The summed E-state index contributed by atoms with van der Waals surface area (Å²) in [6.45, 7) is 10.5.